The molecule has 0 spiro atoms. The van der Waals surface area contributed by atoms with E-state index in [1.54, 1.807) is 18.2 Å². The summed E-state index contributed by atoms with van der Waals surface area (Å²) in [6, 6.07) is 15.9. The summed E-state index contributed by atoms with van der Waals surface area (Å²) in [6.45, 7) is 1.46. The molecule has 0 radical (unpaired) electrons. The SMILES string of the molecule is O=C(NCCCOc1ccccc1)NCCc1ccccc1F. The van der Waals surface area contributed by atoms with Crippen LogP contribution in [0.2, 0.25) is 0 Å². The second kappa shape index (κ2) is 9.46. The van der Waals surface area contributed by atoms with Crippen LogP contribution in [0.3, 0.4) is 0 Å². The molecule has 0 aromatic heterocycles. The van der Waals surface area contributed by atoms with Gasteiger partial charge in [-0.05, 0) is 36.6 Å². The lowest BCUT2D eigenvalue weighted by Crippen LogP contribution is -2.37. The highest BCUT2D eigenvalue weighted by Crippen LogP contribution is 2.08. The smallest absolute Gasteiger partial charge is 0.314 e. The van der Waals surface area contributed by atoms with Crippen LogP contribution in [0.25, 0.3) is 0 Å². The van der Waals surface area contributed by atoms with E-state index in [2.05, 4.69) is 10.6 Å². The monoisotopic (exact) mass is 316 g/mol. The van der Waals surface area contributed by atoms with Crippen LogP contribution in [0.5, 0.6) is 5.75 Å². The van der Waals surface area contributed by atoms with Gasteiger partial charge in [-0.2, -0.15) is 0 Å². The molecule has 2 rings (SSSR count). The van der Waals surface area contributed by atoms with Crippen molar-refractivity contribution in [2.45, 2.75) is 12.8 Å². The van der Waals surface area contributed by atoms with Crippen LogP contribution in [0.15, 0.2) is 54.6 Å². The van der Waals surface area contributed by atoms with E-state index >= 15 is 0 Å². The molecule has 0 fully saturated rings. The van der Waals surface area contributed by atoms with Crippen LogP contribution in [-0.2, 0) is 6.42 Å². The van der Waals surface area contributed by atoms with Gasteiger partial charge in [0.2, 0.25) is 0 Å². The number of hydrogen-bond donors (Lipinski definition) is 2. The van der Waals surface area contributed by atoms with Gasteiger partial charge >= 0.3 is 6.03 Å². The molecule has 0 saturated heterocycles. The van der Waals surface area contributed by atoms with E-state index in [0.29, 0.717) is 31.7 Å². The third kappa shape index (κ3) is 6.38. The van der Waals surface area contributed by atoms with Gasteiger partial charge in [0.15, 0.2) is 0 Å². The average Bonchev–Trinajstić information content (AvgIpc) is 2.57. The van der Waals surface area contributed by atoms with Crippen LogP contribution in [0.4, 0.5) is 9.18 Å². The van der Waals surface area contributed by atoms with Crippen LogP contribution in [-0.4, -0.2) is 25.7 Å². The van der Waals surface area contributed by atoms with E-state index in [1.165, 1.54) is 6.07 Å². The van der Waals surface area contributed by atoms with E-state index in [9.17, 15) is 9.18 Å². The zero-order valence-electron chi connectivity index (χ0n) is 12.9. The van der Waals surface area contributed by atoms with Crippen molar-refractivity contribution in [3.8, 4) is 5.75 Å². The van der Waals surface area contributed by atoms with Gasteiger partial charge in [0, 0.05) is 13.1 Å². The molecule has 0 bridgehead atoms. The number of carbonyl (C=O) groups excluding carboxylic acids is 1. The van der Waals surface area contributed by atoms with Crippen molar-refractivity contribution in [2.24, 2.45) is 0 Å². The zero-order valence-corrected chi connectivity index (χ0v) is 12.9. The number of para-hydroxylation sites is 1. The Bertz CT molecular complexity index is 605. The highest BCUT2D eigenvalue weighted by molar-refractivity contribution is 5.73. The molecule has 4 nitrogen and oxygen atoms in total. The Labute approximate surface area is 135 Å². The highest BCUT2D eigenvalue weighted by atomic mass is 19.1. The number of benzene rings is 2. The Morgan fingerprint density at radius 3 is 2.43 bits per heavy atom. The van der Waals surface area contributed by atoms with Crippen molar-refractivity contribution in [1.29, 1.82) is 0 Å². The minimum Gasteiger partial charge on any atom is -0.494 e. The van der Waals surface area contributed by atoms with E-state index in [-0.39, 0.29) is 11.8 Å². The number of ether oxygens (including phenoxy) is 1. The van der Waals surface area contributed by atoms with Gasteiger partial charge in [-0.3, -0.25) is 0 Å². The predicted octanol–water partition coefficient (Wildman–Crippen LogP) is 3.14. The zero-order chi connectivity index (χ0) is 16.3. The van der Waals surface area contributed by atoms with Gasteiger partial charge in [0.25, 0.3) is 0 Å². The molecule has 0 aliphatic heterocycles. The molecular weight excluding hydrogens is 295 g/mol. The average molecular weight is 316 g/mol. The summed E-state index contributed by atoms with van der Waals surface area (Å²) < 4.78 is 18.9. The lowest BCUT2D eigenvalue weighted by Gasteiger charge is -2.09. The maximum absolute atomic E-state index is 13.4. The largest absolute Gasteiger partial charge is 0.494 e. The Hall–Kier alpha value is -2.56. The molecule has 0 heterocycles. The highest BCUT2D eigenvalue weighted by Gasteiger charge is 2.02. The molecule has 2 N–H and O–H groups in total. The van der Waals surface area contributed by atoms with Crippen molar-refractivity contribution in [1.82, 2.24) is 10.6 Å². The quantitative estimate of drug-likeness (QED) is 0.735. The number of halogens is 1. The van der Waals surface area contributed by atoms with E-state index in [4.69, 9.17) is 4.74 Å². The maximum atomic E-state index is 13.4. The summed E-state index contributed by atoms with van der Waals surface area (Å²) in [5.74, 6) is 0.578. The number of carbonyl (C=O) groups is 1. The topological polar surface area (TPSA) is 50.4 Å². The van der Waals surface area contributed by atoms with Crippen molar-refractivity contribution >= 4 is 6.03 Å². The molecule has 23 heavy (non-hydrogen) atoms. The number of urea groups is 1. The molecule has 0 atom stereocenters. The first-order valence-corrected chi connectivity index (χ1v) is 7.68. The lowest BCUT2D eigenvalue weighted by molar-refractivity contribution is 0.239. The predicted molar refractivity (Wildman–Crippen MR) is 88.1 cm³/mol. The van der Waals surface area contributed by atoms with Crippen LogP contribution in [0.1, 0.15) is 12.0 Å². The van der Waals surface area contributed by atoms with Gasteiger partial charge in [0.1, 0.15) is 11.6 Å². The number of rotatable bonds is 8. The molecular formula is C18H21FN2O2. The third-order valence-electron chi connectivity index (χ3n) is 3.26. The molecule has 5 heteroatoms. The Morgan fingerprint density at radius 1 is 0.957 bits per heavy atom. The lowest BCUT2D eigenvalue weighted by atomic mass is 10.1. The molecule has 0 saturated carbocycles. The fourth-order valence-electron chi connectivity index (χ4n) is 2.06. The molecule has 2 aromatic carbocycles. The number of nitrogens with one attached hydrogen (secondary N) is 2. The fraction of sp³-hybridized carbons (Fsp3) is 0.278. The molecule has 122 valence electrons. The first kappa shape index (κ1) is 16.8. The van der Waals surface area contributed by atoms with Crippen LogP contribution >= 0.6 is 0 Å². The molecule has 0 unspecified atom stereocenters. The Balaban J connectivity index is 1.53. The minimum absolute atomic E-state index is 0.243. The summed E-state index contributed by atoms with van der Waals surface area (Å²) in [4.78, 5) is 11.6. The van der Waals surface area contributed by atoms with E-state index < -0.39 is 0 Å². The normalized spacial score (nSPS) is 10.1. The summed E-state index contributed by atoms with van der Waals surface area (Å²) in [6.07, 6.45) is 1.19. The molecule has 2 aromatic rings. The van der Waals surface area contributed by atoms with Crippen LogP contribution in [0, 0.1) is 5.82 Å². The second-order valence-electron chi connectivity index (χ2n) is 5.04. The standard InChI is InChI=1S/C18H21FN2O2/c19-17-10-5-4-7-15(17)11-13-21-18(22)20-12-6-14-23-16-8-2-1-3-9-16/h1-5,7-10H,6,11-14H2,(H2,20,21,22). The van der Waals surface area contributed by atoms with Gasteiger partial charge < -0.3 is 15.4 Å². The summed E-state index contributed by atoms with van der Waals surface area (Å²) in [5, 5.41) is 5.46. The van der Waals surface area contributed by atoms with Crippen molar-refractivity contribution in [3.63, 3.8) is 0 Å². The van der Waals surface area contributed by atoms with Gasteiger partial charge in [-0.1, -0.05) is 36.4 Å². The number of hydrogen-bond acceptors (Lipinski definition) is 2. The fourth-order valence-corrected chi connectivity index (χ4v) is 2.06. The summed E-state index contributed by atoms with van der Waals surface area (Å²) in [7, 11) is 0. The Morgan fingerprint density at radius 2 is 1.65 bits per heavy atom. The first-order valence-electron chi connectivity index (χ1n) is 7.68. The molecule has 2 amide bonds. The first-order chi connectivity index (χ1) is 11.3. The molecule has 0 aliphatic carbocycles. The van der Waals surface area contributed by atoms with Gasteiger partial charge in [-0.25, -0.2) is 9.18 Å². The van der Waals surface area contributed by atoms with Crippen molar-refractivity contribution < 1.29 is 13.9 Å². The minimum atomic E-state index is -0.249. The van der Waals surface area contributed by atoms with Crippen LogP contribution < -0.4 is 15.4 Å². The van der Waals surface area contributed by atoms with Crippen molar-refractivity contribution in [2.75, 3.05) is 19.7 Å². The summed E-state index contributed by atoms with van der Waals surface area (Å²) in [5.41, 5.74) is 0.601. The van der Waals surface area contributed by atoms with Gasteiger partial charge in [0.05, 0.1) is 6.61 Å². The van der Waals surface area contributed by atoms with E-state index in [1.807, 2.05) is 30.3 Å². The molecule has 0 aliphatic rings. The van der Waals surface area contributed by atoms with Gasteiger partial charge in [-0.15, -0.1) is 0 Å². The number of amides is 2. The third-order valence-corrected chi connectivity index (χ3v) is 3.26. The Kier molecular flexibility index (Phi) is 6.91. The van der Waals surface area contributed by atoms with E-state index in [0.717, 1.165) is 12.2 Å². The second-order valence-corrected chi connectivity index (χ2v) is 5.04. The summed E-state index contributed by atoms with van der Waals surface area (Å²) >= 11 is 0. The maximum Gasteiger partial charge on any atom is 0.314 e. The van der Waals surface area contributed by atoms with Crippen molar-refractivity contribution in [3.05, 3.63) is 66.0 Å².